The quantitative estimate of drug-likeness (QED) is 0.594. The molecule has 1 saturated carbocycles. The first kappa shape index (κ1) is 20.6. The van der Waals surface area contributed by atoms with Crippen molar-refractivity contribution in [1.82, 2.24) is 15.1 Å². The highest BCUT2D eigenvalue weighted by atomic mass is 19.4. The van der Waals surface area contributed by atoms with Gasteiger partial charge in [-0.15, -0.1) is 0 Å². The number of alkyl halides is 3. The monoisotopic (exact) mass is 432 g/mol. The van der Waals surface area contributed by atoms with Crippen molar-refractivity contribution in [2.75, 3.05) is 5.32 Å². The molecule has 0 saturated heterocycles. The maximum atomic E-state index is 13.7. The minimum absolute atomic E-state index is 0.0428. The van der Waals surface area contributed by atoms with Crippen LogP contribution in [0.3, 0.4) is 0 Å². The summed E-state index contributed by atoms with van der Waals surface area (Å²) in [6.07, 6.45) is -2.21. The van der Waals surface area contributed by atoms with Crippen LogP contribution in [0.2, 0.25) is 0 Å². The molecule has 2 aromatic carbocycles. The molecule has 1 aliphatic rings. The summed E-state index contributed by atoms with van der Waals surface area (Å²) in [6, 6.07) is 10.2. The van der Waals surface area contributed by atoms with E-state index >= 15 is 0 Å². The lowest BCUT2D eigenvalue weighted by molar-refractivity contribution is -0.143. The molecule has 4 rings (SSSR count). The van der Waals surface area contributed by atoms with Crippen molar-refractivity contribution in [3.8, 4) is 5.69 Å². The number of rotatable bonds is 5. The van der Waals surface area contributed by atoms with Crippen LogP contribution in [0.1, 0.15) is 39.3 Å². The fourth-order valence-electron chi connectivity index (χ4n) is 2.97. The Morgan fingerprint density at radius 3 is 2.19 bits per heavy atom. The average molecular weight is 432 g/mol. The lowest BCUT2D eigenvalue weighted by Crippen LogP contribution is -2.25. The molecule has 1 heterocycles. The van der Waals surface area contributed by atoms with Crippen molar-refractivity contribution in [3.63, 3.8) is 0 Å². The standard InChI is InChI=1S/C21H16F4N4O2/c22-13-3-9-16(10-4-13)29-18(21(23,24)25)17(11-26-29)20(31)28-14-5-1-12(2-6-14)19(30)27-15-7-8-15/h1-6,9-11,15H,7-8H2,(H,27,30)(H,28,31). The van der Waals surface area contributed by atoms with Crippen LogP contribution in [0.25, 0.3) is 5.69 Å². The summed E-state index contributed by atoms with van der Waals surface area (Å²) < 4.78 is 54.8. The van der Waals surface area contributed by atoms with Crippen molar-refractivity contribution in [2.24, 2.45) is 0 Å². The molecule has 0 bridgehead atoms. The van der Waals surface area contributed by atoms with Gasteiger partial charge in [-0.25, -0.2) is 9.07 Å². The highest BCUT2D eigenvalue weighted by Crippen LogP contribution is 2.34. The molecular weight excluding hydrogens is 416 g/mol. The molecule has 2 amide bonds. The first-order valence-corrected chi connectivity index (χ1v) is 9.36. The van der Waals surface area contributed by atoms with Gasteiger partial charge in [0.1, 0.15) is 5.82 Å². The SMILES string of the molecule is O=C(NC1CC1)c1ccc(NC(=O)c2cnn(-c3ccc(F)cc3)c2C(F)(F)F)cc1. The minimum atomic E-state index is -4.89. The summed E-state index contributed by atoms with van der Waals surface area (Å²) in [5.74, 6) is -1.88. The van der Waals surface area contributed by atoms with Crippen LogP contribution in [0.5, 0.6) is 0 Å². The summed E-state index contributed by atoms with van der Waals surface area (Å²) in [4.78, 5) is 24.6. The maximum absolute atomic E-state index is 13.7. The largest absolute Gasteiger partial charge is 0.434 e. The highest BCUT2D eigenvalue weighted by Gasteiger charge is 2.40. The lowest BCUT2D eigenvalue weighted by atomic mass is 10.1. The fourth-order valence-corrected chi connectivity index (χ4v) is 2.97. The molecule has 6 nitrogen and oxygen atoms in total. The zero-order valence-corrected chi connectivity index (χ0v) is 15.9. The first-order chi connectivity index (χ1) is 14.7. The van der Waals surface area contributed by atoms with Gasteiger partial charge in [0.05, 0.1) is 17.4 Å². The number of hydrogen-bond acceptors (Lipinski definition) is 3. The Hall–Kier alpha value is -3.69. The van der Waals surface area contributed by atoms with E-state index in [0.717, 1.165) is 43.3 Å². The van der Waals surface area contributed by atoms with Crippen molar-refractivity contribution in [1.29, 1.82) is 0 Å². The van der Waals surface area contributed by atoms with Gasteiger partial charge in [-0.1, -0.05) is 0 Å². The van der Waals surface area contributed by atoms with Crippen molar-refractivity contribution in [2.45, 2.75) is 25.1 Å². The Kier molecular flexibility index (Phi) is 5.22. The Morgan fingerprint density at radius 1 is 0.968 bits per heavy atom. The van der Waals surface area contributed by atoms with Crippen LogP contribution < -0.4 is 10.6 Å². The van der Waals surface area contributed by atoms with Gasteiger partial charge in [-0.05, 0) is 61.4 Å². The molecule has 2 N–H and O–H groups in total. The molecule has 31 heavy (non-hydrogen) atoms. The summed E-state index contributed by atoms with van der Waals surface area (Å²) in [5.41, 5.74) is -1.41. The lowest BCUT2D eigenvalue weighted by Gasteiger charge is -2.13. The molecule has 0 radical (unpaired) electrons. The molecule has 1 aliphatic carbocycles. The van der Waals surface area contributed by atoms with Gasteiger partial charge in [0.15, 0.2) is 5.69 Å². The summed E-state index contributed by atoms with van der Waals surface area (Å²) >= 11 is 0. The van der Waals surface area contributed by atoms with Crippen molar-refractivity contribution >= 4 is 17.5 Å². The van der Waals surface area contributed by atoms with E-state index in [0.29, 0.717) is 10.2 Å². The van der Waals surface area contributed by atoms with E-state index in [2.05, 4.69) is 15.7 Å². The van der Waals surface area contributed by atoms with Crippen molar-refractivity contribution < 1.29 is 27.2 Å². The second-order valence-corrected chi connectivity index (χ2v) is 7.07. The van der Waals surface area contributed by atoms with Gasteiger partial charge < -0.3 is 10.6 Å². The number of amides is 2. The predicted molar refractivity (Wildman–Crippen MR) is 103 cm³/mol. The molecule has 1 aromatic heterocycles. The number of carbonyl (C=O) groups excluding carboxylic acids is 2. The minimum Gasteiger partial charge on any atom is -0.349 e. The van der Waals surface area contributed by atoms with E-state index in [4.69, 9.17) is 0 Å². The van der Waals surface area contributed by atoms with E-state index in [-0.39, 0.29) is 23.3 Å². The van der Waals surface area contributed by atoms with Crippen LogP contribution in [-0.4, -0.2) is 27.6 Å². The zero-order chi connectivity index (χ0) is 22.2. The van der Waals surface area contributed by atoms with Crippen LogP contribution in [0.15, 0.2) is 54.7 Å². The number of nitrogens with one attached hydrogen (secondary N) is 2. The Morgan fingerprint density at radius 2 is 1.61 bits per heavy atom. The van der Waals surface area contributed by atoms with Gasteiger partial charge in [-0.2, -0.15) is 18.3 Å². The molecule has 10 heteroatoms. The van der Waals surface area contributed by atoms with Crippen molar-refractivity contribution in [3.05, 3.63) is 77.4 Å². The number of carbonyl (C=O) groups is 2. The second-order valence-electron chi connectivity index (χ2n) is 7.07. The van der Waals surface area contributed by atoms with Gasteiger partial charge in [0.2, 0.25) is 0 Å². The van der Waals surface area contributed by atoms with Crippen LogP contribution in [0, 0.1) is 5.82 Å². The van der Waals surface area contributed by atoms with E-state index in [1.165, 1.54) is 24.3 Å². The molecule has 0 unspecified atom stereocenters. The normalized spacial score (nSPS) is 13.7. The molecule has 0 aliphatic heterocycles. The molecule has 0 spiro atoms. The first-order valence-electron chi connectivity index (χ1n) is 9.36. The molecule has 1 fully saturated rings. The van der Waals surface area contributed by atoms with E-state index in [9.17, 15) is 27.2 Å². The molecular formula is C21H16F4N4O2. The van der Waals surface area contributed by atoms with Gasteiger partial charge in [0, 0.05) is 17.3 Å². The van der Waals surface area contributed by atoms with Gasteiger partial charge in [0.25, 0.3) is 11.8 Å². The zero-order valence-electron chi connectivity index (χ0n) is 15.9. The summed E-state index contributed by atoms with van der Waals surface area (Å²) in [5, 5.41) is 8.87. The maximum Gasteiger partial charge on any atom is 0.434 e. The summed E-state index contributed by atoms with van der Waals surface area (Å²) in [6.45, 7) is 0. The van der Waals surface area contributed by atoms with E-state index in [1.807, 2.05) is 0 Å². The number of hydrogen-bond donors (Lipinski definition) is 2. The smallest absolute Gasteiger partial charge is 0.349 e. The van der Waals surface area contributed by atoms with Crippen LogP contribution >= 0.6 is 0 Å². The van der Waals surface area contributed by atoms with Crippen LogP contribution in [0.4, 0.5) is 23.2 Å². The topological polar surface area (TPSA) is 76.0 Å². The number of halogens is 4. The van der Waals surface area contributed by atoms with E-state index < -0.39 is 29.2 Å². The Labute approximate surface area is 173 Å². The van der Waals surface area contributed by atoms with Crippen LogP contribution in [-0.2, 0) is 6.18 Å². The Balaban J connectivity index is 1.56. The molecule has 0 atom stereocenters. The highest BCUT2D eigenvalue weighted by molar-refractivity contribution is 6.05. The third-order valence-corrected chi connectivity index (χ3v) is 4.67. The third kappa shape index (κ3) is 4.57. The molecule has 3 aromatic rings. The summed E-state index contributed by atoms with van der Waals surface area (Å²) in [7, 11) is 0. The average Bonchev–Trinajstić information content (AvgIpc) is 3.41. The number of aromatic nitrogens is 2. The third-order valence-electron chi connectivity index (χ3n) is 4.67. The van der Waals surface area contributed by atoms with Gasteiger partial charge >= 0.3 is 6.18 Å². The number of anilines is 1. The number of benzene rings is 2. The fraction of sp³-hybridized carbons (Fsp3) is 0.190. The second kappa shape index (κ2) is 7.86. The number of nitrogens with zero attached hydrogens (tertiary/aromatic N) is 2. The molecule has 160 valence electrons. The van der Waals surface area contributed by atoms with E-state index in [1.54, 1.807) is 0 Å². The Bertz CT molecular complexity index is 1120. The predicted octanol–water partition coefficient (Wildman–Crippen LogP) is 4.17. The van der Waals surface area contributed by atoms with Gasteiger partial charge in [-0.3, -0.25) is 9.59 Å².